The van der Waals surface area contributed by atoms with Crippen molar-refractivity contribution >= 4 is 11.3 Å². The molecule has 3 N–H and O–H groups in total. The van der Waals surface area contributed by atoms with Crippen LogP contribution < -0.4 is 5.73 Å². The fourth-order valence-electron chi connectivity index (χ4n) is 2.87. The average molecular weight is 282 g/mol. The highest BCUT2D eigenvalue weighted by Crippen LogP contribution is 2.35. The minimum atomic E-state index is 0.175. The highest BCUT2D eigenvalue weighted by atomic mass is 32.1. The summed E-state index contributed by atoms with van der Waals surface area (Å²) in [6, 6.07) is 3.35. The third-order valence-electron chi connectivity index (χ3n) is 4.24. The molecule has 1 saturated carbocycles. The van der Waals surface area contributed by atoms with Crippen LogP contribution in [0.4, 0.5) is 0 Å². The number of rotatable bonds is 8. The van der Waals surface area contributed by atoms with E-state index < -0.39 is 0 Å². The zero-order chi connectivity index (χ0) is 13.7. The summed E-state index contributed by atoms with van der Waals surface area (Å²) in [4.78, 5) is 2.55. The molecule has 2 atom stereocenters. The van der Waals surface area contributed by atoms with Crippen LogP contribution in [0.1, 0.15) is 50.6 Å². The van der Waals surface area contributed by atoms with Gasteiger partial charge < -0.3 is 10.8 Å². The van der Waals surface area contributed by atoms with Crippen molar-refractivity contribution in [1.82, 2.24) is 4.90 Å². The summed E-state index contributed by atoms with van der Waals surface area (Å²) in [5, 5.41) is 13.5. The van der Waals surface area contributed by atoms with Crippen molar-refractivity contribution < 1.29 is 5.11 Å². The fraction of sp³-hybridized carbons (Fsp3) is 0.733. The monoisotopic (exact) mass is 282 g/mol. The number of thiophene rings is 1. The molecule has 2 rings (SSSR count). The molecular formula is C15H26N2OS. The maximum Gasteiger partial charge on any atom is 0.0510 e. The summed E-state index contributed by atoms with van der Waals surface area (Å²) in [6.45, 7) is 3.38. The number of hydrogen-bond donors (Lipinski definition) is 2. The maximum atomic E-state index is 9.14. The number of hydrogen-bond acceptors (Lipinski definition) is 4. The zero-order valence-electron chi connectivity index (χ0n) is 11.8. The van der Waals surface area contributed by atoms with E-state index in [0.29, 0.717) is 12.1 Å². The minimum absolute atomic E-state index is 0.175. The van der Waals surface area contributed by atoms with Gasteiger partial charge in [0.25, 0.3) is 0 Å². The van der Waals surface area contributed by atoms with E-state index in [1.807, 2.05) is 0 Å². The molecular weight excluding hydrogens is 256 g/mol. The van der Waals surface area contributed by atoms with Crippen molar-refractivity contribution in [3.05, 3.63) is 22.4 Å². The van der Waals surface area contributed by atoms with Gasteiger partial charge in [-0.05, 0) is 48.1 Å². The summed E-state index contributed by atoms with van der Waals surface area (Å²) in [7, 11) is 0. The summed E-state index contributed by atoms with van der Waals surface area (Å²) >= 11 is 1.74. The first kappa shape index (κ1) is 15.0. The highest BCUT2D eigenvalue weighted by molar-refractivity contribution is 7.07. The second-order valence-corrected chi connectivity index (χ2v) is 6.25. The molecule has 0 amide bonds. The van der Waals surface area contributed by atoms with E-state index in [-0.39, 0.29) is 12.6 Å². The van der Waals surface area contributed by atoms with Crippen LogP contribution in [0.2, 0.25) is 0 Å². The Morgan fingerprint density at radius 1 is 1.53 bits per heavy atom. The Hall–Kier alpha value is -0.420. The largest absolute Gasteiger partial charge is 0.396 e. The van der Waals surface area contributed by atoms with Crippen molar-refractivity contribution in [3.8, 4) is 0 Å². The van der Waals surface area contributed by atoms with Crippen molar-refractivity contribution in [2.75, 3.05) is 13.2 Å². The first-order valence-electron chi connectivity index (χ1n) is 7.42. The lowest BCUT2D eigenvalue weighted by atomic mass is 9.87. The van der Waals surface area contributed by atoms with Crippen molar-refractivity contribution in [2.24, 2.45) is 5.73 Å². The second-order valence-electron chi connectivity index (χ2n) is 5.47. The van der Waals surface area contributed by atoms with Gasteiger partial charge in [0.2, 0.25) is 0 Å². The zero-order valence-corrected chi connectivity index (χ0v) is 12.6. The molecule has 1 heterocycles. The molecule has 0 radical (unpaired) electrons. The predicted molar refractivity (Wildman–Crippen MR) is 81.4 cm³/mol. The quantitative estimate of drug-likeness (QED) is 0.771. The first-order chi connectivity index (χ1) is 9.27. The number of nitrogens with two attached hydrogens (primary N) is 1. The second kappa shape index (κ2) is 7.39. The van der Waals surface area contributed by atoms with Gasteiger partial charge in [-0.2, -0.15) is 11.3 Å². The third-order valence-corrected chi connectivity index (χ3v) is 4.94. The minimum Gasteiger partial charge on any atom is -0.396 e. The Kier molecular flexibility index (Phi) is 5.82. The van der Waals surface area contributed by atoms with Crippen LogP contribution in [-0.2, 0) is 0 Å². The SMILES string of the molecule is CCC(N)C(c1ccsc1)N(CCCO)C1CCC1. The number of aliphatic hydroxyl groups excluding tert-OH is 1. The average Bonchev–Trinajstić information content (AvgIpc) is 2.87. The molecule has 0 spiro atoms. The van der Waals surface area contributed by atoms with Gasteiger partial charge >= 0.3 is 0 Å². The Labute approximate surface area is 120 Å². The van der Waals surface area contributed by atoms with Crippen molar-refractivity contribution in [2.45, 2.75) is 57.2 Å². The third kappa shape index (κ3) is 3.57. The van der Waals surface area contributed by atoms with Gasteiger partial charge in [-0.3, -0.25) is 4.90 Å². The highest BCUT2D eigenvalue weighted by Gasteiger charge is 2.33. The predicted octanol–water partition coefficient (Wildman–Crippen LogP) is 2.76. The standard InChI is InChI=1S/C15H26N2OS/c1-2-14(16)15(12-7-10-19-11-12)17(8-4-9-18)13-5-3-6-13/h7,10-11,13-15,18H,2-6,8-9,16H2,1H3. The van der Waals surface area contributed by atoms with E-state index in [0.717, 1.165) is 19.4 Å². The molecule has 0 aromatic carbocycles. The van der Waals surface area contributed by atoms with Crippen LogP contribution in [0.3, 0.4) is 0 Å². The molecule has 1 fully saturated rings. The molecule has 3 nitrogen and oxygen atoms in total. The molecule has 0 bridgehead atoms. The number of nitrogens with zero attached hydrogens (tertiary/aromatic N) is 1. The van der Waals surface area contributed by atoms with E-state index in [1.165, 1.54) is 24.8 Å². The van der Waals surface area contributed by atoms with Crippen LogP contribution >= 0.6 is 11.3 Å². The fourth-order valence-corrected chi connectivity index (χ4v) is 3.56. The van der Waals surface area contributed by atoms with Crippen LogP contribution in [0, 0.1) is 0 Å². The van der Waals surface area contributed by atoms with E-state index in [4.69, 9.17) is 10.8 Å². The van der Waals surface area contributed by atoms with Gasteiger partial charge in [0.15, 0.2) is 0 Å². The van der Waals surface area contributed by atoms with E-state index in [9.17, 15) is 0 Å². The van der Waals surface area contributed by atoms with Gasteiger partial charge in [0.1, 0.15) is 0 Å². The van der Waals surface area contributed by atoms with Gasteiger partial charge in [-0.1, -0.05) is 13.3 Å². The Morgan fingerprint density at radius 3 is 2.79 bits per heavy atom. The van der Waals surface area contributed by atoms with E-state index in [2.05, 4.69) is 28.7 Å². The molecule has 0 saturated heterocycles. The molecule has 1 aromatic rings. The molecule has 1 aliphatic carbocycles. The molecule has 108 valence electrons. The van der Waals surface area contributed by atoms with Gasteiger partial charge in [-0.15, -0.1) is 0 Å². The van der Waals surface area contributed by atoms with Crippen molar-refractivity contribution in [3.63, 3.8) is 0 Å². The maximum absolute atomic E-state index is 9.14. The summed E-state index contributed by atoms with van der Waals surface area (Å²) in [5.74, 6) is 0. The van der Waals surface area contributed by atoms with Crippen LogP contribution in [0.5, 0.6) is 0 Å². The molecule has 0 aliphatic heterocycles. The molecule has 19 heavy (non-hydrogen) atoms. The Bertz CT molecular complexity index is 351. The smallest absolute Gasteiger partial charge is 0.0510 e. The first-order valence-corrected chi connectivity index (χ1v) is 8.36. The Balaban J connectivity index is 2.16. The lowest BCUT2D eigenvalue weighted by Crippen LogP contribution is -2.49. The van der Waals surface area contributed by atoms with Gasteiger partial charge in [0.05, 0.1) is 6.04 Å². The topological polar surface area (TPSA) is 49.5 Å². The lowest BCUT2D eigenvalue weighted by molar-refractivity contribution is 0.0581. The van der Waals surface area contributed by atoms with E-state index in [1.54, 1.807) is 11.3 Å². The Morgan fingerprint density at radius 2 is 2.32 bits per heavy atom. The summed E-state index contributed by atoms with van der Waals surface area (Å²) < 4.78 is 0. The molecule has 4 heteroatoms. The summed E-state index contributed by atoms with van der Waals surface area (Å²) in [5.41, 5.74) is 7.75. The summed E-state index contributed by atoms with van der Waals surface area (Å²) in [6.07, 6.45) is 5.72. The van der Waals surface area contributed by atoms with Crippen LogP contribution in [-0.4, -0.2) is 35.2 Å². The lowest BCUT2D eigenvalue weighted by Gasteiger charge is -2.44. The van der Waals surface area contributed by atoms with Crippen molar-refractivity contribution in [1.29, 1.82) is 0 Å². The van der Waals surface area contributed by atoms with Crippen LogP contribution in [0.25, 0.3) is 0 Å². The molecule has 2 unspecified atom stereocenters. The normalized spacial score (nSPS) is 19.4. The van der Waals surface area contributed by atoms with E-state index >= 15 is 0 Å². The molecule has 1 aliphatic rings. The number of aliphatic hydroxyl groups is 1. The van der Waals surface area contributed by atoms with Gasteiger partial charge in [-0.25, -0.2) is 0 Å². The molecule has 1 aromatic heterocycles. The van der Waals surface area contributed by atoms with Gasteiger partial charge in [0, 0.05) is 25.2 Å². The van der Waals surface area contributed by atoms with Crippen LogP contribution in [0.15, 0.2) is 16.8 Å².